The van der Waals surface area contributed by atoms with Crippen molar-refractivity contribution in [2.24, 2.45) is 0 Å². The topological polar surface area (TPSA) is 87.2 Å². The smallest absolute Gasteiger partial charge is 0.249 e. The Morgan fingerprint density at radius 2 is 1.97 bits per heavy atom. The lowest BCUT2D eigenvalue weighted by atomic mass is 10.1. The highest BCUT2D eigenvalue weighted by Crippen LogP contribution is 2.29. The third-order valence-electron chi connectivity index (χ3n) is 5.65. The molecule has 7 heteroatoms. The number of benzene rings is 2. The van der Waals surface area contributed by atoms with Gasteiger partial charge < -0.3 is 15.5 Å². The zero-order valence-corrected chi connectivity index (χ0v) is 17.1. The third-order valence-corrected chi connectivity index (χ3v) is 5.65. The fourth-order valence-electron chi connectivity index (χ4n) is 3.80. The fourth-order valence-corrected chi connectivity index (χ4v) is 3.80. The molecule has 154 valence electrons. The summed E-state index contributed by atoms with van der Waals surface area (Å²) in [5.41, 5.74) is 3.68. The number of anilines is 1. The fraction of sp³-hybridized carbons (Fsp3) is 0.304. The number of fused-ring (bicyclic) bond motifs is 2. The predicted octanol–water partition coefficient (Wildman–Crippen LogP) is 2.20. The average Bonchev–Trinajstić information content (AvgIpc) is 2.91. The first kappa shape index (κ1) is 20.0. The van der Waals surface area contributed by atoms with E-state index in [1.807, 2.05) is 48.5 Å². The highest BCUT2D eigenvalue weighted by Gasteiger charge is 2.32. The van der Waals surface area contributed by atoms with Gasteiger partial charge in [-0.15, -0.1) is 0 Å². The molecule has 1 aliphatic rings. The van der Waals surface area contributed by atoms with Crippen molar-refractivity contribution < 1.29 is 9.59 Å². The molecule has 0 saturated heterocycles. The monoisotopic (exact) mass is 403 g/mol. The number of nitrogens with zero attached hydrogens (tertiary/aromatic N) is 3. The Bertz CT molecular complexity index is 1080. The molecular weight excluding hydrogens is 378 g/mol. The molecule has 1 aromatic heterocycles. The van der Waals surface area contributed by atoms with Crippen LogP contribution in [0, 0.1) is 0 Å². The predicted molar refractivity (Wildman–Crippen MR) is 116 cm³/mol. The molecule has 2 aromatic carbocycles. The number of likely N-dealkylation sites (N-methyl/N-ethyl adjacent to an activating group) is 1. The summed E-state index contributed by atoms with van der Waals surface area (Å²) in [4.78, 5) is 27.8. The maximum atomic E-state index is 13.5. The van der Waals surface area contributed by atoms with Gasteiger partial charge in [0.1, 0.15) is 6.04 Å². The van der Waals surface area contributed by atoms with E-state index in [0.29, 0.717) is 19.4 Å². The van der Waals surface area contributed by atoms with Gasteiger partial charge in [-0.25, -0.2) is 0 Å². The van der Waals surface area contributed by atoms with Crippen LogP contribution in [0.2, 0.25) is 0 Å². The van der Waals surface area contributed by atoms with Gasteiger partial charge in [-0.05, 0) is 44.5 Å². The Hall–Kier alpha value is -3.32. The number of carbonyl (C=O) groups is 2. The van der Waals surface area contributed by atoms with E-state index in [1.54, 1.807) is 25.1 Å². The van der Waals surface area contributed by atoms with E-state index in [0.717, 1.165) is 27.7 Å². The summed E-state index contributed by atoms with van der Waals surface area (Å²) < 4.78 is 0. The summed E-state index contributed by atoms with van der Waals surface area (Å²) in [6, 6.07) is 14.7. The minimum Gasteiger partial charge on any atom is -0.343 e. The molecule has 0 unspecified atom stereocenters. The quantitative estimate of drug-likeness (QED) is 0.682. The van der Waals surface area contributed by atoms with Crippen molar-refractivity contribution >= 4 is 28.4 Å². The van der Waals surface area contributed by atoms with Crippen LogP contribution in [0.1, 0.15) is 24.5 Å². The third kappa shape index (κ3) is 3.89. The van der Waals surface area contributed by atoms with E-state index in [2.05, 4.69) is 20.8 Å². The summed E-state index contributed by atoms with van der Waals surface area (Å²) in [5, 5.41) is 15.1. The first-order valence-electron chi connectivity index (χ1n) is 10.1. The minimum absolute atomic E-state index is 0.113. The van der Waals surface area contributed by atoms with Crippen LogP contribution in [0.25, 0.3) is 10.9 Å². The van der Waals surface area contributed by atoms with Gasteiger partial charge in [-0.1, -0.05) is 36.4 Å². The molecule has 4 rings (SSSR count). The molecule has 2 N–H and O–H groups in total. The summed E-state index contributed by atoms with van der Waals surface area (Å²) in [7, 11) is 1.73. The number of hydrogen-bond acceptors (Lipinski definition) is 5. The summed E-state index contributed by atoms with van der Waals surface area (Å²) >= 11 is 0. The van der Waals surface area contributed by atoms with Gasteiger partial charge in [0.2, 0.25) is 11.8 Å². The van der Waals surface area contributed by atoms with Crippen LogP contribution in [-0.4, -0.2) is 41.1 Å². The molecule has 0 fully saturated rings. The van der Waals surface area contributed by atoms with Gasteiger partial charge in [0.15, 0.2) is 0 Å². The summed E-state index contributed by atoms with van der Waals surface area (Å²) in [6.07, 6.45) is 2.98. The van der Waals surface area contributed by atoms with Crippen molar-refractivity contribution in [3.8, 4) is 0 Å². The number of aryl methyl sites for hydroxylation is 1. The van der Waals surface area contributed by atoms with Gasteiger partial charge in [-0.3, -0.25) is 9.59 Å². The van der Waals surface area contributed by atoms with Crippen molar-refractivity contribution in [2.45, 2.75) is 38.4 Å². The second kappa shape index (κ2) is 8.59. The number of amides is 2. The number of para-hydroxylation sites is 1. The van der Waals surface area contributed by atoms with Gasteiger partial charge in [0.25, 0.3) is 0 Å². The van der Waals surface area contributed by atoms with Crippen molar-refractivity contribution in [1.82, 2.24) is 20.8 Å². The SMILES string of the molecule is CN[C@@H](C)C(=O)N[C@H]1CCc2ccccc2N(Cc2cnnc3ccccc23)C1=O. The number of aromatic nitrogens is 2. The van der Waals surface area contributed by atoms with E-state index in [9.17, 15) is 9.59 Å². The molecule has 0 radical (unpaired) electrons. The largest absolute Gasteiger partial charge is 0.343 e. The molecule has 0 saturated carbocycles. The van der Waals surface area contributed by atoms with Crippen molar-refractivity contribution in [1.29, 1.82) is 0 Å². The van der Waals surface area contributed by atoms with Crippen LogP contribution in [0.15, 0.2) is 54.7 Å². The Labute approximate surface area is 175 Å². The van der Waals surface area contributed by atoms with Crippen LogP contribution in [0.4, 0.5) is 5.69 Å². The molecular formula is C23H25N5O2. The lowest BCUT2D eigenvalue weighted by molar-refractivity contribution is -0.128. The maximum absolute atomic E-state index is 13.5. The van der Waals surface area contributed by atoms with E-state index in [4.69, 9.17) is 0 Å². The van der Waals surface area contributed by atoms with Gasteiger partial charge >= 0.3 is 0 Å². The van der Waals surface area contributed by atoms with Crippen LogP contribution in [0.5, 0.6) is 0 Å². The molecule has 2 amide bonds. The van der Waals surface area contributed by atoms with Crippen molar-refractivity contribution in [3.05, 3.63) is 65.9 Å². The second-order valence-electron chi connectivity index (χ2n) is 7.55. The highest BCUT2D eigenvalue weighted by molar-refractivity contribution is 6.01. The lowest BCUT2D eigenvalue weighted by Gasteiger charge is -2.27. The summed E-state index contributed by atoms with van der Waals surface area (Å²) in [5.74, 6) is -0.296. The first-order chi connectivity index (χ1) is 14.6. The maximum Gasteiger partial charge on any atom is 0.249 e. The second-order valence-corrected chi connectivity index (χ2v) is 7.55. The van der Waals surface area contributed by atoms with Crippen LogP contribution in [0.3, 0.4) is 0 Å². The molecule has 0 aliphatic carbocycles. The summed E-state index contributed by atoms with van der Waals surface area (Å²) in [6.45, 7) is 2.14. The Kier molecular flexibility index (Phi) is 5.72. The van der Waals surface area contributed by atoms with Crippen molar-refractivity contribution in [3.63, 3.8) is 0 Å². The molecule has 3 aromatic rings. The van der Waals surface area contributed by atoms with E-state index >= 15 is 0 Å². The zero-order valence-electron chi connectivity index (χ0n) is 17.1. The van der Waals surface area contributed by atoms with Gasteiger partial charge in [-0.2, -0.15) is 10.2 Å². The molecule has 2 heterocycles. The normalized spacial score (nSPS) is 17.3. The Morgan fingerprint density at radius 1 is 1.20 bits per heavy atom. The molecule has 0 bridgehead atoms. The Balaban J connectivity index is 1.70. The number of rotatable bonds is 5. The van der Waals surface area contributed by atoms with Crippen molar-refractivity contribution in [2.75, 3.05) is 11.9 Å². The lowest BCUT2D eigenvalue weighted by Crippen LogP contribution is -2.52. The molecule has 7 nitrogen and oxygen atoms in total. The number of hydrogen-bond donors (Lipinski definition) is 2. The molecule has 30 heavy (non-hydrogen) atoms. The van der Waals surface area contributed by atoms with E-state index < -0.39 is 6.04 Å². The first-order valence-corrected chi connectivity index (χ1v) is 10.1. The zero-order chi connectivity index (χ0) is 21.1. The van der Waals surface area contributed by atoms with E-state index in [1.165, 1.54) is 0 Å². The number of nitrogens with one attached hydrogen (secondary N) is 2. The minimum atomic E-state index is -0.582. The van der Waals surface area contributed by atoms with Crippen LogP contribution < -0.4 is 15.5 Å². The van der Waals surface area contributed by atoms with Gasteiger partial charge in [0.05, 0.1) is 24.3 Å². The van der Waals surface area contributed by atoms with Crippen LogP contribution in [-0.2, 0) is 22.6 Å². The standard InChI is InChI=1S/C23H25N5O2/c1-15(24-2)22(29)26-20-12-11-16-7-3-6-10-21(16)28(23(20)30)14-17-13-25-27-19-9-5-4-8-18(17)19/h3-10,13,15,20,24H,11-12,14H2,1-2H3,(H,26,29)/t15-,20-/m0/s1. The van der Waals surface area contributed by atoms with Gasteiger partial charge in [0, 0.05) is 16.6 Å². The van der Waals surface area contributed by atoms with E-state index in [-0.39, 0.29) is 17.9 Å². The number of carbonyl (C=O) groups excluding carboxylic acids is 2. The highest BCUT2D eigenvalue weighted by atomic mass is 16.2. The molecule has 1 aliphatic heterocycles. The van der Waals surface area contributed by atoms with Crippen LogP contribution >= 0.6 is 0 Å². The Morgan fingerprint density at radius 3 is 2.80 bits per heavy atom. The molecule has 2 atom stereocenters. The molecule has 0 spiro atoms. The average molecular weight is 403 g/mol.